The Morgan fingerprint density at radius 2 is 1.10 bits per heavy atom. The molecule has 70 heavy (non-hydrogen) atoms. The van der Waals surface area contributed by atoms with Crippen molar-refractivity contribution in [2.75, 3.05) is 62.2 Å². The maximum Gasteiger partial charge on any atom is 0.415 e. The summed E-state index contributed by atoms with van der Waals surface area (Å²) >= 11 is 6.68. The van der Waals surface area contributed by atoms with Gasteiger partial charge < -0.3 is 29.1 Å². The quantitative estimate of drug-likeness (QED) is 0.143. The average Bonchev–Trinajstić information content (AvgIpc) is 3.33. The minimum atomic E-state index is -0.613. The van der Waals surface area contributed by atoms with Gasteiger partial charge in [0.2, 0.25) is 0 Å². The molecular weight excluding hydrogens is 907 g/mol. The second kappa shape index (κ2) is 19.4. The van der Waals surface area contributed by atoms with Crippen molar-refractivity contribution in [2.45, 2.75) is 79.8 Å². The molecule has 6 heterocycles. The third-order valence-electron chi connectivity index (χ3n) is 13.0. The molecule has 2 aliphatic rings. The summed E-state index contributed by atoms with van der Waals surface area (Å²) in [5.41, 5.74) is 7.77. The fraction of sp³-hybridized carbons (Fsp3) is 0.370. The standard InChI is InChI=1S/C54H58ClFN10O4/c1-31(2)35-15-10-12-17-37(35)46-40-29-39(33(5)57-48(40)50(61-59-46)64-23-27-66(28-24-64)53(68)70-54(7,8)9)45-43(56)19-14-20-44(45)69-52(67)65-25-21-63(22-26-65)51-49-41(30-42(55)34(6)58-49)47(60-62-51)38-18-13-11-16-36(38)32(3)4/h10-20,29-32H,21-28H2,1-9H3. The molecule has 2 aliphatic heterocycles. The van der Waals surface area contributed by atoms with Crippen LogP contribution >= 0.6 is 11.6 Å². The Morgan fingerprint density at radius 1 is 0.614 bits per heavy atom. The van der Waals surface area contributed by atoms with Crippen LogP contribution in [-0.4, -0.2) is 110 Å². The van der Waals surface area contributed by atoms with Gasteiger partial charge in [0.05, 0.1) is 16.3 Å². The van der Waals surface area contributed by atoms with Crippen molar-refractivity contribution in [3.63, 3.8) is 0 Å². The van der Waals surface area contributed by atoms with Crippen LogP contribution < -0.4 is 14.5 Å². The minimum absolute atomic E-state index is 0.0620. The molecule has 0 aliphatic carbocycles. The summed E-state index contributed by atoms with van der Waals surface area (Å²) in [6, 6.07) is 24.5. The summed E-state index contributed by atoms with van der Waals surface area (Å²) in [7, 11) is 0. The monoisotopic (exact) mass is 964 g/mol. The van der Waals surface area contributed by atoms with Gasteiger partial charge in [0.15, 0.2) is 11.6 Å². The molecule has 7 aromatic rings. The number of carbonyl (C=O) groups excluding carboxylic acids is 2. The van der Waals surface area contributed by atoms with E-state index in [0.29, 0.717) is 114 Å². The van der Waals surface area contributed by atoms with E-state index in [1.165, 1.54) is 12.1 Å². The predicted molar refractivity (Wildman–Crippen MR) is 273 cm³/mol. The van der Waals surface area contributed by atoms with Crippen LogP contribution in [0.5, 0.6) is 5.75 Å². The number of rotatable bonds is 8. The van der Waals surface area contributed by atoms with Gasteiger partial charge in [0, 0.05) is 85.5 Å². The van der Waals surface area contributed by atoms with Gasteiger partial charge in [0.25, 0.3) is 0 Å². The molecule has 2 saturated heterocycles. The summed E-state index contributed by atoms with van der Waals surface area (Å²) < 4.78 is 28.2. The van der Waals surface area contributed by atoms with Gasteiger partial charge in [-0.3, -0.25) is 0 Å². The van der Waals surface area contributed by atoms with E-state index in [1.807, 2.05) is 83.1 Å². The Labute approximate surface area is 412 Å². The van der Waals surface area contributed by atoms with Gasteiger partial charge >= 0.3 is 12.2 Å². The molecule has 0 bridgehead atoms. The van der Waals surface area contributed by atoms with E-state index in [-0.39, 0.29) is 29.2 Å². The lowest BCUT2D eigenvalue weighted by molar-refractivity contribution is 0.0240. The zero-order valence-electron chi connectivity index (χ0n) is 41.2. The normalized spacial score (nSPS) is 14.6. The lowest BCUT2D eigenvalue weighted by Crippen LogP contribution is -2.50. The van der Waals surface area contributed by atoms with E-state index >= 15 is 4.39 Å². The fourth-order valence-corrected chi connectivity index (χ4v) is 9.48. The van der Waals surface area contributed by atoms with Crippen LogP contribution in [0.25, 0.3) is 55.4 Å². The highest BCUT2D eigenvalue weighted by Gasteiger charge is 2.31. The predicted octanol–water partition coefficient (Wildman–Crippen LogP) is 11.4. The van der Waals surface area contributed by atoms with Crippen molar-refractivity contribution < 1.29 is 23.5 Å². The van der Waals surface area contributed by atoms with Crippen LogP contribution in [0.4, 0.5) is 25.6 Å². The van der Waals surface area contributed by atoms with Gasteiger partial charge in [-0.15, -0.1) is 20.4 Å². The second-order valence-electron chi connectivity index (χ2n) is 19.6. The average molecular weight is 966 g/mol. The Balaban J connectivity index is 1.01. The number of piperazine rings is 2. The van der Waals surface area contributed by atoms with Crippen molar-refractivity contribution in [1.82, 2.24) is 40.2 Å². The molecule has 2 amide bonds. The first-order valence-electron chi connectivity index (χ1n) is 23.9. The summed E-state index contributed by atoms with van der Waals surface area (Å²) in [6.07, 6.45) is -0.973. The van der Waals surface area contributed by atoms with Gasteiger partial charge in [-0.05, 0) is 81.8 Å². The molecule has 3 aromatic carbocycles. The highest BCUT2D eigenvalue weighted by Crippen LogP contribution is 2.42. The second-order valence-corrected chi connectivity index (χ2v) is 20.0. The molecule has 14 nitrogen and oxygen atoms in total. The number of nitrogens with zero attached hydrogens (tertiary/aromatic N) is 10. The topological polar surface area (TPSA) is 143 Å². The van der Waals surface area contributed by atoms with Crippen LogP contribution in [0.1, 0.15) is 82.8 Å². The maximum absolute atomic E-state index is 16.4. The van der Waals surface area contributed by atoms with E-state index in [2.05, 4.69) is 49.6 Å². The summed E-state index contributed by atoms with van der Waals surface area (Å²) in [6.45, 7) is 21.0. The van der Waals surface area contributed by atoms with E-state index < -0.39 is 17.5 Å². The molecule has 4 aromatic heterocycles. The molecule has 0 atom stereocenters. The summed E-state index contributed by atoms with van der Waals surface area (Å²) in [4.78, 5) is 44.6. The zero-order chi connectivity index (χ0) is 49.6. The van der Waals surface area contributed by atoms with Crippen LogP contribution in [-0.2, 0) is 4.74 Å². The van der Waals surface area contributed by atoms with Crippen molar-refractivity contribution in [2.24, 2.45) is 0 Å². The first kappa shape index (κ1) is 48.0. The van der Waals surface area contributed by atoms with E-state index in [4.69, 9.17) is 51.4 Å². The Bertz CT molecular complexity index is 3140. The first-order chi connectivity index (χ1) is 33.5. The zero-order valence-corrected chi connectivity index (χ0v) is 41.9. The molecule has 9 rings (SSSR count). The SMILES string of the molecule is Cc1nc2c(N3CCN(C(=O)Oc4cccc(F)c4-c4cc5c(-c6ccccc6C(C)C)nnc(N6CCN(C(=O)OC(C)(C)C)CC6)c5nc4C)CC3)nnc(-c3ccccc3C(C)C)c2cc1Cl. The number of hydrogen-bond donors (Lipinski definition) is 0. The maximum atomic E-state index is 16.4. The number of hydrogen-bond acceptors (Lipinski definition) is 12. The van der Waals surface area contributed by atoms with Crippen molar-refractivity contribution in [1.29, 1.82) is 0 Å². The number of amides is 2. The highest BCUT2D eigenvalue weighted by molar-refractivity contribution is 6.32. The molecule has 0 unspecified atom stereocenters. The number of halogens is 2. The largest absolute Gasteiger partial charge is 0.444 e. The molecule has 0 radical (unpaired) electrons. The Morgan fingerprint density at radius 3 is 1.61 bits per heavy atom. The van der Waals surface area contributed by atoms with Gasteiger partial charge in [-0.25, -0.2) is 23.9 Å². The third-order valence-corrected chi connectivity index (χ3v) is 13.4. The van der Waals surface area contributed by atoms with Gasteiger partial charge in [-0.2, -0.15) is 0 Å². The van der Waals surface area contributed by atoms with Crippen LogP contribution in [0.2, 0.25) is 5.02 Å². The van der Waals surface area contributed by atoms with Gasteiger partial charge in [-0.1, -0.05) is 93.9 Å². The number of pyridine rings is 2. The fourth-order valence-electron chi connectivity index (χ4n) is 9.33. The van der Waals surface area contributed by atoms with E-state index in [9.17, 15) is 9.59 Å². The molecule has 2 fully saturated rings. The van der Waals surface area contributed by atoms with E-state index in [0.717, 1.165) is 27.6 Å². The highest BCUT2D eigenvalue weighted by atomic mass is 35.5. The summed E-state index contributed by atoms with van der Waals surface area (Å²) in [5.74, 6) is 1.07. The molecule has 362 valence electrons. The van der Waals surface area contributed by atoms with Crippen LogP contribution in [0.3, 0.4) is 0 Å². The number of fused-ring (bicyclic) bond motifs is 2. The lowest BCUT2D eigenvalue weighted by atomic mass is 9.92. The minimum Gasteiger partial charge on any atom is -0.444 e. The lowest BCUT2D eigenvalue weighted by Gasteiger charge is -2.36. The number of carbonyl (C=O) groups is 2. The number of aromatic nitrogens is 6. The van der Waals surface area contributed by atoms with Crippen molar-refractivity contribution >= 4 is 57.2 Å². The van der Waals surface area contributed by atoms with Crippen LogP contribution in [0.15, 0.2) is 78.9 Å². The van der Waals surface area contributed by atoms with E-state index in [1.54, 1.807) is 15.9 Å². The number of benzene rings is 3. The molecule has 0 N–H and O–H groups in total. The first-order valence-corrected chi connectivity index (χ1v) is 24.3. The van der Waals surface area contributed by atoms with Crippen molar-refractivity contribution in [3.05, 3.63) is 112 Å². The molecule has 0 spiro atoms. The molecular formula is C54H58ClFN10O4. The third kappa shape index (κ3) is 9.50. The Kier molecular flexibility index (Phi) is 13.3. The van der Waals surface area contributed by atoms with Gasteiger partial charge in [0.1, 0.15) is 39.6 Å². The number of ether oxygens (including phenoxy) is 2. The Hall–Kier alpha value is -7.00. The molecule has 0 saturated carbocycles. The van der Waals surface area contributed by atoms with Crippen LogP contribution in [0, 0.1) is 19.7 Å². The summed E-state index contributed by atoms with van der Waals surface area (Å²) in [5, 5.41) is 21.1. The number of anilines is 2. The smallest absolute Gasteiger partial charge is 0.415 e. The molecule has 16 heteroatoms. The van der Waals surface area contributed by atoms with Crippen molar-refractivity contribution in [3.8, 4) is 39.4 Å². The number of aryl methyl sites for hydroxylation is 2.